The van der Waals surface area contributed by atoms with E-state index in [4.69, 9.17) is 0 Å². The number of thiophene rings is 1. The number of rotatable bonds is 9. The number of carbonyl (C=O) groups excluding carboxylic acids is 2. The zero-order chi connectivity index (χ0) is 23.1. The van der Waals surface area contributed by atoms with Crippen LogP contribution in [0, 0.1) is 6.92 Å². The van der Waals surface area contributed by atoms with E-state index in [9.17, 15) is 19.8 Å². The van der Waals surface area contributed by atoms with E-state index >= 15 is 0 Å². The lowest BCUT2D eigenvalue weighted by Gasteiger charge is -2.17. The maximum atomic E-state index is 12.7. The van der Waals surface area contributed by atoms with Crippen molar-refractivity contribution in [1.82, 2.24) is 10.6 Å². The maximum Gasteiger partial charge on any atom is 0.261 e. The lowest BCUT2D eigenvalue weighted by molar-refractivity contribution is 0.0913. The molecule has 4 N–H and O–H groups in total. The first-order valence-electron chi connectivity index (χ1n) is 10.5. The molecule has 2 aromatic carbocycles. The number of hydrogen-bond donors (Lipinski definition) is 4. The molecule has 0 saturated heterocycles. The topological polar surface area (TPSA) is 98.7 Å². The molecule has 3 rings (SSSR count). The second-order valence-corrected chi connectivity index (χ2v) is 8.81. The van der Waals surface area contributed by atoms with Gasteiger partial charge in [0.05, 0.1) is 11.0 Å². The van der Waals surface area contributed by atoms with E-state index in [0.717, 1.165) is 16.7 Å². The Labute approximate surface area is 191 Å². The number of carbonyl (C=O) groups is 2. The van der Waals surface area contributed by atoms with Crippen LogP contribution in [0.5, 0.6) is 5.75 Å². The minimum absolute atomic E-state index is 0.152. The van der Waals surface area contributed by atoms with Crippen molar-refractivity contribution in [2.45, 2.75) is 38.8 Å². The minimum Gasteiger partial charge on any atom is -0.508 e. The molecule has 2 unspecified atom stereocenters. The van der Waals surface area contributed by atoms with Crippen LogP contribution in [0.4, 0.5) is 0 Å². The molecule has 0 radical (unpaired) electrons. The largest absolute Gasteiger partial charge is 0.508 e. The highest BCUT2D eigenvalue weighted by molar-refractivity contribution is 7.12. The van der Waals surface area contributed by atoms with Crippen LogP contribution in [0.15, 0.2) is 60.0 Å². The van der Waals surface area contributed by atoms with Gasteiger partial charge in [-0.05, 0) is 73.0 Å². The predicted molar refractivity (Wildman–Crippen MR) is 126 cm³/mol. The van der Waals surface area contributed by atoms with Gasteiger partial charge in [0.2, 0.25) is 0 Å². The molecule has 1 heterocycles. The van der Waals surface area contributed by atoms with Crippen LogP contribution in [-0.2, 0) is 6.42 Å². The van der Waals surface area contributed by atoms with E-state index in [0.29, 0.717) is 29.8 Å². The summed E-state index contributed by atoms with van der Waals surface area (Å²) in [5, 5.41) is 27.7. The van der Waals surface area contributed by atoms with Crippen LogP contribution in [0.1, 0.15) is 56.2 Å². The lowest BCUT2D eigenvalue weighted by Crippen LogP contribution is -2.41. The van der Waals surface area contributed by atoms with Gasteiger partial charge >= 0.3 is 0 Å². The number of benzene rings is 2. The van der Waals surface area contributed by atoms with Gasteiger partial charge < -0.3 is 20.8 Å². The van der Waals surface area contributed by atoms with Gasteiger partial charge in [-0.3, -0.25) is 9.59 Å². The average Bonchev–Trinajstić information content (AvgIpc) is 3.31. The van der Waals surface area contributed by atoms with Gasteiger partial charge in [-0.2, -0.15) is 0 Å². The molecule has 0 aliphatic carbocycles. The lowest BCUT2D eigenvalue weighted by atomic mass is 9.97. The summed E-state index contributed by atoms with van der Waals surface area (Å²) < 4.78 is 0. The number of nitrogens with one attached hydrogen (secondary N) is 2. The van der Waals surface area contributed by atoms with Crippen molar-refractivity contribution in [2.75, 3.05) is 6.54 Å². The summed E-state index contributed by atoms with van der Waals surface area (Å²) in [6.45, 7) is 4.00. The molecule has 2 atom stereocenters. The smallest absolute Gasteiger partial charge is 0.261 e. The Hall–Kier alpha value is -3.16. The minimum atomic E-state index is -0.667. The highest BCUT2D eigenvalue weighted by atomic mass is 32.1. The molecular weight excluding hydrogens is 424 g/mol. The molecule has 0 saturated carbocycles. The van der Waals surface area contributed by atoms with Crippen molar-refractivity contribution in [3.8, 4) is 5.75 Å². The molecule has 0 aliphatic rings. The summed E-state index contributed by atoms with van der Waals surface area (Å²) in [4.78, 5) is 25.3. The van der Waals surface area contributed by atoms with E-state index in [2.05, 4.69) is 10.6 Å². The molecule has 3 aromatic rings. The zero-order valence-corrected chi connectivity index (χ0v) is 19.0. The Morgan fingerprint density at radius 1 is 1.06 bits per heavy atom. The quantitative estimate of drug-likeness (QED) is 0.395. The first-order valence-corrected chi connectivity index (χ1v) is 11.4. The van der Waals surface area contributed by atoms with E-state index in [1.54, 1.807) is 36.4 Å². The van der Waals surface area contributed by atoms with Gasteiger partial charge in [0, 0.05) is 18.2 Å². The molecule has 1 aromatic heterocycles. The molecule has 168 valence electrons. The first kappa shape index (κ1) is 23.5. The average molecular weight is 453 g/mol. The zero-order valence-electron chi connectivity index (χ0n) is 18.2. The molecule has 0 fully saturated rings. The third-order valence-electron chi connectivity index (χ3n) is 5.19. The predicted octanol–water partition coefficient (Wildman–Crippen LogP) is 3.98. The van der Waals surface area contributed by atoms with Gasteiger partial charge in [-0.25, -0.2) is 0 Å². The Kier molecular flexibility index (Phi) is 8.03. The van der Waals surface area contributed by atoms with Gasteiger partial charge in [0.25, 0.3) is 11.8 Å². The van der Waals surface area contributed by atoms with Crippen LogP contribution >= 0.6 is 11.3 Å². The van der Waals surface area contributed by atoms with E-state index in [-0.39, 0.29) is 23.6 Å². The molecule has 0 spiro atoms. The van der Waals surface area contributed by atoms with E-state index in [1.807, 2.05) is 37.4 Å². The fraction of sp³-hybridized carbons (Fsp3) is 0.280. The number of hydrogen-bond acceptors (Lipinski definition) is 5. The maximum absolute atomic E-state index is 12.7. The molecule has 32 heavy (non-hydrogen) atoms. The van der Waals surface area contributed by atoms with Crippen molar-refractivity contribution >= 4 is 23.2 Å². The molecule has 6 nitrogen and oxygen atoms in total. The monoisotopic (exact) mass is 452 g/mol. The van der Waals surface area contributed by atoms with Gasteiger partial charge in [0.15, 0.2) is 0 Å². The van der Waals surface area contributed by atoms with Crippen LogP contribution in [0.25, 0.3) is 0 Å². The van der Waals surface area contributed by atoms with Crippen molar-refractivity contribution in [1.29, 1.82) is 0 Å². The number of phenolic OH excluding ortho intramolecular Hbond substituents is 1. The van der Waals surface area contributed by atoms with Crippen molar-refractivity contribution in [3.05, 3.63) is 87.1 Å². The summed E-state index contributed by atoms with van der Waals surface area (Å²) in [6.07, 6.45) is 0.473. The highest BCUT2D eigenvalue weighted by Gasteiger charge is 2.16. The van der Waals surface area contributed by atoms with Crippen molar-refractivity contribution < 1.29 is 19.8 Å². The summed E-state index contributed by atoms with van der Waals surface area (Å²) in [6, 6.07) is 15.6. The molecule has 0 bridgehead atoms. The second-order valence-electron chi connectivity index (χ2n) is 7.86. The molecule has 0 aliphatic heterocycles. The van der Waals surface area contributed by atoms with Crippen LogP contribution in [-0.4, -0.2) is 34.6 Å². The van der Waals surface area contributed by atoms with Gasteiger partial charge in [-0.1, -0.05) is 30.3 Å². The van der Waals surface area contributed by atoms with Gasteiger partial charge in [0.1, 0.15) is 5.75 Å². The SMILES string of the molecule is Cc1cc(C(O)CCc2cccc(O)c2)ccc1C(=O)NC(C)CNC(=O)c1cccs1. The Bertz CT molecular complexity index is 1070. The number of amides is 2. The second kappa shape index (κ2) is 10.9. The summed E-state index contributed by atoms with van der Waals surface area (Å²) in [5.74, 6) is -0.161. The standard InChI is InChI=1S/C25H28N2O4S/c1-16-13-19(22(29)11-8-18-5-3-6-20(28)14-18)9-10-21(16)24(30)27-17(2)15-26-25(31)23-7-4-12-32-23/h3-7,9-10,12-14,17,22,28-29H,8,11,15H2,1-2H3,(H,26,31)(H,27,30). The summed E-state index contributed by atoms with van der Waals surface area (Å²) in [7, 11) is 0. The van der Waals surface area contributed by atoms with Gasteiger partial charge in [-0.15, -0.1) is 11.3 Å². The Balaban J connectivity index is 1.52. The summed E-state index contributed by atoms with van der Waals surface area (Å²) >= 11 is 1.37. The number of aromatic hydroxyl groups is 1. The number of aliphatic hydroxyl groups excluding tert-OH is 1. The number of aliphatic hydroxyl groups is 1. The molecular formula is C25H28N2O4S. The van der Waals surface area contributed by atoms with Crippen molar-refractivity contribution in [2.24, 2.45) is 0 Å². The third kappa shape index (κ3) is 6.42. The molecule has 7 heteroatoms. The third-order valence-corrected chi connectivity index (χ3v) is 6.06. The van der Waals surface area contributed by atoms with E-state index in [1.165, 1.54) is 11.3 Å². The van der Waals surface area contributed by atoms with Crippen LogP contribution in [0.2, 0.25) is 0 Å². The number of aryl methyl sites for hydroxylation is 2. The van der Waals surface area contributed by atoms with Crippen molar-refractivity contribution in [3.63, 3.8) is 0 Å². The molecule has 2 amide bonds. The fourth-order valence-corrected chi connectivity index (χ4v) is 4.06. The number of phenols is 1. The Morgan fingerprint density at radius 2 is 1.88 bits per heavy atom. The summed E-state index contributed by atoms with van der Waals surface area (Å²) in [5.41, 5.74) is 3.00. The first-order chi connectivity index (χ1) is 15.3. The van der Waals surface area contributed by atoms with E-state index < -0.39 is 6.10 Å². The normalized spacial score (nSPS) is 12.7. The van der Waals surface area contributed by atoms with Crippen LogP contribution in [0.3, 0.4) is 0 Å². The Morgan fingerprint density at radius 3 is 2.56 bits per heavy atom. The highest BCUT2D eigenvalue weighted by Crippen LogP contribution is 2.23. The van der Waals surface area contributed by atoms with Crippen LogP contribution < -0.4 is 10.6 Å². The fourth-order valence-electron chi connectivity index (χ4n) is 3.42.